The Morgan fingerprint density at radius 3 is 2.45 bits per heavy atom. The Bertz CT molecular complexity index is 1270. The molecule has 1 N–H and O–H groups in total. The maximum absolute atomic E-state index is 13.7. The Morgan fingerprint density at radius 2 is 1.70 bits per heavy atom. The van der Waals surface area contributed by atoms with Crippen LogP contribution in [-0.2, 0) is 21.2 Å². The van der Waals surface area contributed by atoms with Gasteiger partial charge in [-0.2, -0.15) is 0 Å². The van der Waals surface area contributed by atoms with Crippen LogP contribution >= 0.6 is 0 Å². The molecule has 0 aromatic heterocycles. The van der Waals surface area contributed by atoms with Crippen molar-refractivity contribution >= 4 is 21.6 Å². The summed E-state index contributed by atoms with van der Waals surface area (Å²) in [4.78, 5) is 13.4. The number of amides is 1. The molecule has 0 radical (unpaired) electrons. The molecule has 0 heterocycles. The van der Waals surface area contributed by atoms with Gasteiger partial charge in [0.1, 0.15) is 6.54 Å². The van der Waals surface area contributed by atoms with E-state index < -0.39 is 10.0 Å². The molecule has 5 nitrogen and oxygen atoms in total. The monoisotopic (exact) mass is 462 g/mol. The van der Waals surface area contributed by atoms with Crippen LogP contribution in [0.15, 0.2) is 71.6 Å². The van der Waals surface area contributed by atoms with Crippen molar-refractivity contribution in [3.63, 3.8) is 0 Å². The third-order valence-electron chi connectivity index (χ3n) is 6.45. The molecule has 0 fully saturated rings. The van der Waals surface area contributed by atoms with Crippen LogP contribution in [-0.4, -0.2) is 20.9 Å². The zero-order valence-electron chi connectivity index (χ0n) is 19.3. The van der Waals surface area contributed by atoms with Crippen LogP contribution in [0.1, 0.15) is 46.7 Å². The number of carbonyl (C=O) groups is 1. The fourth-order valence-corrected chi connectivity index (χ4v) is 5.90. The minimum absolute atomic E-state index is 0.106. The molecule has 4 rings (SSSR count). The Balaban J connectivity index is 1.67. The summed E-state index contributed by atoms with van der Waals surface area (Å²) in [6, 6.07) is 20.3. The SMILES string of the molecule is Cc1ccc(S(=O)(=O)N(CC(=O)N[C@H]2CCCc3ccccc32)c2cccc(C)c2C)cc1. The molecule has 0 spiro atoms. The second-order valence-corrected chi connectivity index (χ2v) is 10.6. The number of benzene rings is 3. The highest BCUT2D eigenvalue weighted by Gasteiger charge is 2.30. The van der Waals surface area contributed by atoms with E-state index in [0.717, 1.165) is 41.5 Å². The molecule has 0 aliphatic heterocycles. The lowest BCUT2D eigenvalue weighted by atomic mass is 9.88. The molecule has 172 valence electrons. The van der Waals surface area contributed by atoms with Gasteiger partial charge in [-0.25, -0.2) is 8.42 Å². The lowest BCUT2D eigenvalue weighted by molar-refractivity contribution is -0.120. The van der Waals surface area contributed by atoms with Crippen molar-refractivity contribution in [3.8, 4) is 0 Å². The molecule has 0 saturated carbocycles. The van der Waals surface area contributed by atoms with Crippen LogP contribution in [0.2, 0.25) is 0 Å². The zero-order chi connectivity index (χ0) is 23.6. The third-order valence-corrected chi connectivity index (χ3v) is 8.22. The predicted octanol–water partition coefficient (Wildman–Crippen LogP) is 5.00. The Labute approximate surface area is 196 Å². The van der Waals surface area contributed by atoms with Crippen LogP contribution in [0.4, 0.5) is 5.69 Å². The van der Waals surface area contributed by atoms with Crippen LogP contribution in [0.3, 0.4) is 0 Å². The van der Waals surface area contributed by atoms with Gasteiger partial charge >= 0.3 is 0 Å². The Morgan fingerprint density at radius 1 is 0.970 bits per heavy atom. The van der Waals surface area contributed by atoms with Crippen LogP contribution in [0, 0.1) is 20.8 Å². The highest BCUT2D eigenvalue weighted by atomic mass is 32.2. The van der Waals surface area contributed by atoms with Crippen LogP contribution in [0.25, 0.3) is 0 Å². The van der Waals surface area contributed by atoms with Gasteiger partial charge in [0.05, 0.1) is 16.6 Å². The van der Waals surface area contributed by atoms with E-state index in [9.17, 15) is 13.2 Å². The average Bonchev–Trinajstić information content (AvgIpc) is 2.80. The van der Waals surface area contributed by atoms with E-state index in [2.05, 4.69) is 11.4 Å². The van der Waals surface area contributed by atoms with Crippen molar-refractivity contribution in [2.24, 2.45) is 0 Å². The number of nitrogens with one attached hydrogen (secondary N) is 1. The fraction of sp³-hybridized carbons (Fsp3) is 0.296. The topological polar surface area (TPSA) is 66.5 Å². The van der Waals surface area contributed by atoms with E-state index in [0.29, 0.717) is 5.69 Å². The highest BCUT2D eigenvalue weighted by molar-refractivity contribution is 7.92. The van der Waals surface area contributed by atoms with Crippen molar-refractivity contribution in [2.75, 3.05) is 10.8 Å². The van der Waals surface area contributed by atoms with Crippen molar-refractivity contribution in [1.82, 2.24) is 5.32 Å². The second-order valence-electron chi connectivity index (χ2n) is 8.75. The predicted molar refractivity (Wildman–Crippen MR) is 132 cm³/mol. The van der Waals surface area contributed by atoms with Crippen molar-refractivity contribution in [1.29, 1.82) is 0 Å². The number of rotatable bonds is 6. The molecule has 6 heteroatoms. The molecular weight excluding hydrogens is 432 g/mol. The summed E-state index contributed by atoms with van der Waals surface area (Å²) in [5.74, 6) is -0.312. The second kappa shape index (κ2) is 9.40. The Kier molecular flexibility index (Phi) is 6.56. The first-order valence-electron chi connectivity index (χ1n) is 11.3. The first-order valence-corrected chi connectivity index (χ1v) is 12.7. The summed E-state index contributed by atoms with van der Waals surface area (Å²) in [5, 5.41) is 3.10. The van der Waals surface area contributed by atoms with E-state index in [1.54, 1.807) is 30.3 Å². The maximum Gasteiger partial charge on any atom is 0.264 e. The molecule has 1 atom stereocenters. The molecule has 3 aromatic carbocycles. The maximum atomic E-state index is 13.7. The van der Waals surface area contributed by atoms with E-state index in [4.69, 9.17) is 0 Å². The number of hydrogen-bond donors (Lipinski definition) is 1. The molecule has 1 aliphatic carbocycles. The summed E-state index contributed by atoms with van der Waals surface area (Å²) in [7, 11) is -3.93. The summed E-state index contributed by atoms with van der Waals surface area (Å²) in [6.07, 6.45) is 2.83. The number of hydrogen-bond acceptors (Lipinski definition) is 3. The minimum Gasteiger partial charge on any atom is -0.348 e. The molecule has 3 aromatic rings. The van der Waals surface area contributed by atoms with Gasteiger partial charge in [-0.1, -0.05) is 54.1 Å². The fourth-order valence-electron chi connectivity index (χ4n) is 4.42. The molecule has 0 unspecified atom stereocenters. The molecule has 33 heavy (non-hydrogen) atoms. The van der Waals surface area contributed by atoms with Gasteiger partial charge in [-0.05, 0) is 80.5 Å². The van der Waals surface area contributed by atoms with Gasteiger partial charge in [-0.15, -0.1) is 0 Å². The van der Waals surface area contributed by atoms with Crippen LogP contribution < -0.4 is 9.62 Å². The van der Waals surface area contributed by atoms with Gasteiger partial charge in [0.2, 0.25) is 5.91 Å². The minimum atomic E-state index is -3.93. The van der Waals surface area contributed by atoms with Gasteiger partial charge in [0.15, 0.2) is 0 Å². The first kappa shape index (κ1) is 23.1. The van der Waals surface area contributed by atoms with Gasteiger partial charge in [0.25, 0.3) is 10.0 Å². The largest absolute Gasteiger partial charge is 0.348 e. The smallest absolute Gasteiger partial charge is 0.264 e. The van der Waals surface area contributed by atoms with Gasteiger partial charge in [-0.3, -0.25) is 9.10 Å². The van der Waals surface area contributed by atoms with E-state index in [-0.39, 0.29) is 23.4 Å². The molecule has 1 amide bonds. The number of aryl methyl sites for hydroxylation is 3. The standard InChI is InChI=1S/C27H30N2O3S/c1-19-14-16-23(17-15-19)33(31,32)29(26-13-6-8-20(2)21(26)3)18-27(30)28-25-12-7-10-22-9-4-5-11-24(22)25/h4-6,8-9,11,13-17,25H,7,10,12,18H2,1-3H3,(H,28,30)/t25-/m0/s1. The highest BCUT2D eigenvalue weighted by Crippen LogP contribution is 2.31. The van der Waals surface area contributed by atoms with Crippen LogP contribution in [0.5, 0.6) is 0 Å². The summed E-state index contributed by atoms with van der Waals surface area (Å²) in [5.41, 5.74) is 5.67. The number of anilines is 1. The third kappa shape index (κ3) is 4.81. The summed E-state index contributed by atoms with van der Waals surface area (Å²) >= 11 is 0. The first-order chi connectivity index (χ1) is 15.8. The number of sulfonamides is 1. The Hall–Kier alpha value is -3.12. The summed E-state index contributed by atoms with van der Waals surface area (Å²) < 4.78 is 28.6. The number of nitrogens with zero attached hydrogens (tertiary/aromatic N) is 1. The lowest BCUT2D eigenvalue weighted by Crippen LogP contribution is -2.42. The van der Waals surface area contributed by atoms with E-state index in [1.807, 2.05) is 51.1 Å². The zero-order valence-corrected chi connectivity index (χ0v) is 20.2. The van der Waals surface area contributed by atoms with Crippen molar-refractivity contribution in [2.45, 2.75) is 51.0 Å². The number of carbonyl (C=O) groups excluding carboxylic acids is 1. The van der Waals surface area contributed by atoms with E-state index in [1.165, 1.54) is 9.87 Å². The average molecular weight is 463 g/mol. The molecule has 1 aliphatic rings. The molecule has 0 saturated heterocycles. The molecular formula is C27H30N2O3S. The lowest BCUT2D eigenvalue weighted by Gasteiger charge is -2.29. The quantitative estimate of drug-likeness (QED) is 0.561. The van der Waals surface area contributed by atoms with Crippen molar-refractivity contribution < 1.29 is 13.2 Å². The number of fused-ring (bicyclic) bond motifs is 1. The molecule has 0 bridgehead atoms. The summed E-state index contributed by atoms with van der Waals surface area (Å²) in [6.45, 7) is 5.46. The van der Waals surface area contributed by atoms with Gasteiger partial charge < -0.3 is 5.32 Å². The normalized spacial score (nSPS) is 15.5. The van der Waals surface area contributed by atoms with E-state index >= 15 is 0 Å². The van der Waals surface area contributed by atoms with Gasteiger partial charge in [0, 0.05) is 0 Å². The van der Waals surface area contributed by atoms with Crippen molar-refractivity contribution in [3.05, 3.63) is 94.5 Å².